The minimum absolute atomic E-state index is 0.0933. The van der Waals surface area contributed by atoms with Crippen LogP contribution in [0.25, 0.3) is 11.4 Å². The smallest absolute Gasteiger partial charge is 0.229 e. The van der Waals surface area contributed by atoms with Gasteiger partial charge in [0.15, 0.2) is 17.3 Å². The first kappa shape index (κ1) is 19.7. The van der Waals surface area contributed by atoms with Gasteiger partial charge in [-0.2, -0.15) is 0 Å². The predicted octanol–water partition coefficient (Wildman–Crippen LogP) is 2.44. The number of hydrogen-bond acceptors (Lipinski definition) is 7. The summed E-state index contributed by atoms with van der Waals surface area (Å²) in [7, 11) is 0. The number of ether oxygens (including phenoxy) is 2. The average Bonchev–Trinajstić information content (AvgIpc) is 3.42. The van der Waals surface area contributed by atoms with Crippen LogP contribution in [0.15, 0.2) is 42.5 Å². The van der Waals surface area contributed by atoms with Gasteiger partial charge in [-0.25, -0.2) is 4.68 Å². The minimum Gasteiger partial charge on any atom is -0.486 e. The van der Waals surface area contributed by atoms with Crippen molar-refractivity contribution in [1.82, 2.24) is 20.2 Å². The number of amides is 2. The van der Waals surface area contributed by atoms with Crippen LogP contribution in [0.4, 0.5) is 11.4 Å². The monoisotopic (exact) mass is 446 g/mol. The lowest BCUT2D eigenvalue weighted by Crippen LogP contribution is -2.28. The summed E-state index contributed by atoms with van der Waals surface area (Å²) >= 11 is 0. The molecule has 3 aliphatic rings. The third-order valence-corrected chi connectivity index (χ3v) is 6.11. The van der Waals surface area contributed by atoms with Crippen molar-refractivity contribution in [2.24, 2.45) is 5.92 Å². The number of hydrogen-bond donors (Lipinski definition) is 1. The Hall–Kier alpha value is -3.95. The van der Waals surface area contributed by atoms with Crippen LogP contribution in [-0.4, -0.2) is 51.8 Å². The maximum absolute atomic E-state index is 13.0. The van der Waals surface area contributed by atoms with Crippen LogP contribution in [0.5, 0.6) is 11.5 Å². The Kier molecular flexibility index (Phi) is 4.70. The Morgan fingerprint density at radius 1 is 1.06 bits per heavy atom. The van der Waals surface area contributed by atoms with Crippen molar-refractivity contribution in [2.45, 2.75) is 25.3 Å². The summed E-state index contributed by atoms with van der Waals surface area (Å²) in [6.07, 6.45) is 2.30. The third kappa shape index (κ3) is 3.77. The first-order valence-electron chi connectivity index (χ1n) is 11.0. The highest BCUT2D eigenvalue weighted by Crippen LogP contribution is 2.37. The Labute approximate surface area is 189 Å². The number of anilines is 2. The fourth-order valence-electron chi connectivity index (χ4n) is 4.26. The second-order valence-electron chi connectivity index (χ2n) is 8.48. The molecule has 10 nitrogen and oxygen atoms in total. The fourth-order valence-corrected chi connectivity index (χ4v) is 4.26. The van der Waals surface area contributed by atoms with Gasteiger partial charge in [-0.1, -0.05) is 12.1 Å². The maximum atomic E-state index is 13.0. The Bertz CT molecular complexity index is 1240. The van der Waals surface area contributed by atoms with Crippen LogP contribution in [0.3, 0.4) is 0 Å². The van der Waals surface area contributed by atoms with Crippen molar-refractivity contribution in [3.8, 4) is 22.9 Å². The van der Waals surface area contributed by atoms with Crippen LogP contribution in [0.2, 0.25) is 0 Å². The summed E-state index contributed by atoms with van der Waals surface area (Å²) in [5.41, 5.74) is 2.19. The zero-order valence-corrected chi connectivity index (χ0v) is 17.8. The SMILES string of the molecule is O=C(Nc1cccc(-c2nnnn2C2CC2)c1)C1CC(=O)N(c2ccc3c(c2)OCCO3)C1. The lowest BCUT2D eigenvalue weighted by molar-refractivity contribution is -0.122. The van der Waals surface area contributed by atoms with Gasteiger partial charge in [0.05, 0.1) is 12.0 Å². The van der Waals surface area contributed by atoms with Gasteiger partial charge >= 0.3 is 0 Å². The van der Waals surface area contributed by atoms with Crippen LogP contribution in [0, 0.1) is 5.92 Å². The van der Waals surface area contributed by atoms with Gasteiger partial charge in [-0.3, -0.25) is 9.59 Å². The molecule has 10 heteroatoms. The molecule has 0 spiro atoms. The Morgan fingerprint density at radius 2 is 1.91 bits per heavy atom. The van der Waals surface area contributed by atoms with Crippen molar-refractivity contribution in [1.29, 1.82) is 0 Å². The molecule has 0 radical (unpaired) electrons. The number of carbonyl (C=O) groups is 2. The average molecular weight is 446 g/mol. The Morgan fingerprint density at radius 3 is 2.76 bits per heavy atom. The number of carbonyl (C=O) groups excluding carboxylic acids is 2. The van der Waals surface area contributed by atoms with Crippen LogP contribution in [0.1, 0.15) is 25.3 Å². The van der Waals surface area contributed by atoms with E-state index in [4.69, 9.17) is 9.47 Å². The maximum Gasteiger partial charge on any atom is 0.229 e. The molecule has 1 aliphatic carbocycles. The highest BCUT2D eigenvalue weighted by atomic mass is 16.6. The van der Waals surface area contributed by atoms with Gasteiger partial charge in [0.1, 0.15) is 13.2 Å². The van der Waals surface area contributed by atoms with Gasteiger partial charge in [0, 0.05) is 36.0 Å². The van der Waals surface area contributed by atoms with Crippen molar-refractivity contribution in [3.63, 3.8) is 0 Å². The van der Waals surface area contributed by atoms with E-state index in [0.717, 1.165) is 18.4 Å². The summed E-state index contributed by atoms with van der Waals surface area (Å²) < 4.78 is 13.0. The number of nitrogens with zero attached hydrogens (tertiary/aromatic N) is 5. The van der Waals surface area contributed by atoms with Gasteiger partial charge in [0.25, 0.3) is 0 Å². The topological polar surface area (TPSA) is 111 Å². The van der Waals surface area contributed by atoms with Crippen LogP contribution >= 0.6 is 0 Å². The molecule has 3 heterocycles. The van der Waals surface area contributed by atoms with E-state index < -0.39 is 5.92 Å². The summed E-state index contributed by atoms with van der Waals surface area (Å²) in [5.74, 6) is 1.23. The molecule has 6 rings (SSSR count). The van der Waals surface area contributed by atoms with Crippen molar-refractivity contribution in [2.75, 3.05) is 30.0 Å². The molecule has 1 aromatic heterocycles. The number of rotatable bonds is 5. The molecule has 168 valence electrons. The molecule has 33 heavy (non-hydrogen) atoms. The molecule has 3 aromatic rings. The molecule has 1 N–H and O–H groups in total. The number of nitrogens with one attached hydrogen (secondary N) is 1. The van der Waals surface area contributed by atoms with E-state index in [0.29, 0.717) is 54.5 Å². The number of fused-ring (bicyclic) bond motifs is 1. The van der Waals surface area contributed by atoms with E-state index in [1.165, 1.54) is 0 Å². The van der Waals surface area contributed by atoms with E-state index in [2.05, 4.69) is 20.8 Å². The molecule has 2 aliphatic heterocycles. The fraction of sp³-hybridized carbons (Fsp3) is 0.348. The molecular formula is C23H22N6O4. The third-order valence-electron chi connectivity index (χ3n) is 6.11. The van der Waals surface area contributed by atoms with Gasteiger partial charge in [-0.05, 0) is 47.5 Å². The van der Waals surface area contributed by atoms with Gasteiger partial charge < -0.3 is 19.7 Å². The van der Waals surface area contributed by atoms with Crippen molar-refractivity contribution in [3.05, 3.63) is 42.5 Å². The van der Waals surface area contributed by atoms with E-state index in [1.54, 1.807) is 17.0 Å². The highest BCUT2D eigenvalue weighted by molar-refractivity contribution is 6.03. The largest absolute Gasteiger partial charge is 0.486 e. The molecule has 1 saturated heterocycles. The molecule has 1 saturated carbocycles. The highest BCUT2D eigenvalue weighted by Gasteiger charge is 2.36. The van der Waals surface area contributed by atoms with Crippen LogP contribution in [-0.2, 0) is 9.59 Å². The molecule has 2 amide bonds. The zero-order chi connectivity index (χ0) is 22.4. The zero-order valence-electron chi connectivity index (χ0n) is 17.8. The molecule has 0 bridgehead atoms. The second-order valence-corrected chi connectivity index (χ2v) is 8.48. The number of benzene rings is 2. The molecule has 2 fully saturated rings. The second kappa shape index (κ2) is 7.88. The summed E-state index contributed by atoms with van der Waals surface area (Å²) in [6, 6.07) is 13.2. The first-order valence-corrected chi connectivity index (χ1v) is 11.0. The van der Waals surface area contributed by atoms with Crippen LogP contribution < -0.4 is 19.7 Å². The van der Waals surface area contributed by atoms with E-state index >= 15 is 0 Å². The minimum atomic E-state index is -0.453. The molecule has 1 unspecified atom stereocenters. The normalized spacial score (nSPS) is 19.6. The molecule has 1 atom stereocenters. The van der Waals surface area contributed by atoms with E-state index in [1.807, 2.05) is 35.0 Å². The van der Waals surface area contributed by atoms with Crippen molar-refractivity contribution >= 4 is 23.2 Å². The lowest BCUT2D eigenvalue weighted by atomic mass is 10.1. The Balaban J connectivity index is 1.16. The lowest BCUT2D eigenvalue weighted by Gasteiger charge is -2.22. The first-order chi connectivity index (χ1) is 16.2. The summed E-state index contributed by atoms with van der Waals surface area (Å²) in [6.45, 7) is 1.29. The molecule has 2 aromatic carbocycles. The van der Waals surface area contributed by atoms with Gasteiger partial charge in [0.2, 0.25) is 11.8 Å². The van der Waals surface area contributed by atoms with E-state index in [9.17, 15) is 9.59 Å². The quantitative estimate of drug-likeness (QED) is 0.641. The predicted molar refractivity (Wildman–Crippen MR) is 118 cm³/mol. The number of tetrazole rings is 1. The molecular weight excluding hydrogens is 424 g/mol. The van der Waals surface area contributed by atoms with Crippen molar-refractivity contribution < 1.29 is 19.1 Å². The number of aromatic nitrogens is 4. The summed E-state index contributed by atoms with van der Waals surface area (Å²) in [4.78, 5) is 27.3. The van der Waals surface area contributed by atoms with E-state index in [-0.39, 0.29) is 18.2 Å². The van der Waals surface area contributed by atoms with Gasteiger partial charge in [-0.15, -0.1) is 5.10 Å². The summed E-state index contributed by atoms with van der Waals surface area (Å²) in [5, 5.41) is 15.0. The standard InChI is InChI=1S/C23H22N6O4/c30-21-11-15(13-28(21)18-6-7-19-20(12-18)33-9-8-32-19)23(31)24-16-3-1-2-14(10-16)22-25-26-27-29(22)17-4-5-17/h1-3,6-7,10,12,15,17H,4-5,8-9,11,13H2,(H,24,31).